The van der Waals surface area contributed by atoms with Gasteiger partial charge in [0.05, 0.1) is 11.6 Å². The van der Waals surface area contributed by atoms with Crippen molar-refractivity contribution < 1.29 is 13.2 Å². The fourth-order valence-corrected chi connectivity index (χ4v) is 3.34. The Hall–Kier alpha value is -1.85. The molecular weight excluding hydrogens is 313 g/mol. The first-order valence-electron chi connectivity index (χ1n) is 8.23. The van der Waals surface area contributed by atoms with E-state index in [0.717, 1.165) is 38.2 Å². The standard InChI is InChI=1S/C19H21F3N2/c20-19(21,22)17-10-5-4-9-16(17)18(15-7-2-1-3-8-15)24-13-6-11-23-12-14-24/h1-5,7-10,18,23H,6,11-14H2/t18-/m1/s1. The lowest BCUT2D eigenvalue weighted by atomic mass is 9.92. The van der Waals surface area contributed by atoms with Gasteiger partial charge in [-0.15, -0.1) is 0 Å². The molecule has 0 unspecified atom stereocenters. The molecule has 1 N–H and O–H groups in total. The molecule has 3 rings (SSSR count). The van der Waals surface area contributed by atoms with Crippen LogP contribution >= 0.6 is 0 Å². The number of hydrogen-bond donors (Lipinski definition) is 1. The molecule has 0 aromatic heterocycles. The zero-order chi connectivity index (χ0) is 17.0. The van der Waals surface area contributed by atoms with Gasteiger partial charge in [-0.1, -0.05) is 48.5 Å². The lowest BCUT2D eigenvalue weighted by molar-refractivity contribution is -0.138. The van der Waals surface area contributed by atoms with Crippen LogP contribution in [0.1, 0.15) is 29.2 Å². The number of rotatable bonds is 3. The van der Waals surface area contributed by atoms with Gasteiger partial charge in [-0.05, 0) is 30.2 Å². The third-order valence-corrected chi connectivity index (χ3v) is 4.42. The van der Waals surface area contributed by atoms with E-state index in [0.29, 0.717) is 5.56 Å². The van der Waals surface area contributed by atoms with Crippen molar-refractivity contribution in [1.82, 2.24) is 10.2 Å². The Balaban J connectivity index is 2.08. The number of benzene rings is 2. The van der Waals surface area contributed by atoms with Crippen LogP contribution in [0.15, 0.2) is 54.6 Å². The molecule has 1 aliphatic rings. The second kappa shape index (κ2) is 7.36. The number of hydrogen-bond acceptors (Lipinski definition) is 2. The molecule has 1 atom stereocenters. The van der Waals surface area contributed by atoms with Gasteiger partial charge < -0.3 is 5.32 Å². The van der Waals surface area contributed by atoms with Gasteiger partial charge in [-0.3, -0.25) is 4.90 Å². The average Bonchev–Trinajstić information content (AvgIpc) is 2.85. The van der Waals surface area contributed by atoms with E-state index in [1.54, 1.807) is 12.1 Å². The summed E-state index contributed by atoms with van der Waals surface area (Å²) >= 11 is 0. The normalized spacial score (nSPS) is 18.1. The van der Waals surface area contributed by atoms with Crippen LogP contribution in [-0.4, -0.2) is 31.1 Å². The number of alkyl halides is 3. The highest BCUT2D eigenvalue weighted by molar-refractivity contribution is 5.39. The maximum atomic E-state index is 13.5. The SMILES string of the molecule is FC(F)(F)c1ccccc1[C@@H](c1ccccc1)N1CCCNCC1. The minimum absolute atomic E-state index is 0.332. The molecular formula is C19H21F3N2. The van der Waals surface area contributed by atoms with Crippen LogP contribution in [-0.2, 0) is 6.18 Å². The summed E-state index contributed by atoms with van der Waals surface area (Å²) in [4.78, 5) is 2.15. The highest BCUT2D eigenvalue weighted by Crippen LogP contribution is 2.39. The van der Waals surface area contributed by atoms with Crippen LogP contribution in [0, 0.1) is 0 Å². The highest BCUT2D eigenvalue weighted by atomic mass is 19.4. The van der Waals surface area contributed by atoms with E-state index in [2.05, 4.69) is 10.2 Å². The van der Waals surface area contributed by atoms with Crippen molar-refractivity contribution in [3.63, 3.8) is 0 Å². The summed E-state index contributed by atoms with van der Waals surface area (Å²) in [5, 5.41) is 3.32. The topological polar surface area (TPSA) is 15.3 Å². The third-order valence-electron chi connectivity index (χ3n) is 4.42. The van der Waals surface area contributed by atoms with E-state index in [9.17, 15) is 13.2 Å². The summed E-state index contributed by atoms with van der Waals surface area (Å²) < 4.78 is 40.6. The van der Waals surface area contributed by atoms with Crippen molar-refractivity contribution in [2.75, 3.05) is 26.2 Å². The molecule has 24 heavy (non-hydrogen) atoms. The van der Waals surface area contributed by atoms with E-state index < -0.39 is 11.7 Å². The molecule has 1 saturated heterocycles. The molecule has 0 spiro atoms. The monoisotopic (exact) mass is 334 g/mol. The number of nitrogens with one attached hydrogen (secondary N) is 1. The van der Waals surface area contributed by atoms with Gasteiger partial charge in [0, 0.05) is 19.6 Å². The van der Waals surface area contributed by atoms with Gasteiger partial charge in [0.1, 0.15) is 0 Å². The van der Waals surface area contributed by atoms with Gasteiger partial charge in [0.2, 0.25) is 0 Å². The molecule has 0 radical (unpaired) electrons. The van der Waals surface area contributed by atoms with Crippen molar-refractivity contribution in [2.45, 2.75) is 18.6 Å². The van der Waals surface area contributed by atoms with Crippen LogP contribution < -0.4 is 5.32 Å². The third kappa shape index (κ3) is 3.79. The largest absolute Gasteiger partial charge is 0.416 e. The number of nitrogens with zero attached hydrogens (tertiary/aromatic N) is 1. The quantitative estimate of drug-likeness (QED) is 0.909. The van der Waals surface area contributed by atoms with Crippen molar-refractivity contribution in [3.8, 4) is 0 Å². The average molecular weight is 334 g/mol. The maximum Gasteiger partial charge on any atom is 0.416 e. The van der Waals surface area contributed by atoms with Crippen molar-refractivity contribution in [1.29, 1.82) is 0 Å². The first-order chi connectivity index (χ1) is 11.6. The molecule has 2 nitrogen and oxygen atoms in total. The molecule has 1 aliphatic heterocycles. The minimum atomic E-state index is -4.35. The Labute approximate surface area is 140 Å². The summed E-state index contributed by atoms with van der Waals surface area (Å²) in [6, 6.07) is 15.0. The summed E-state index contributed by atoms with van der Waals surface area (Å²) in [6.45, 7) is 3.20. The van der Waals surface area contributed by atoms with Gasteiger partial charge in [0.25, 0.3) is 0 Å². The van der Waals surface area contributed by atoms with E-state index in [-0.39, 0.29) is 6.04 Å². The van der Waals surface area contributed by atoms with Crippen molar-refractivity contribution in [3.05, 3.63) is 71.3 Å². The predicted octanol–water partition coefficient (Wildman–Crippen LogP) is 4.09. The Morgan fingerprint density at radius 1 is 0.875 bits per heavy atom. The predicted molar refractivity (Wildman–Crippen MR) is 88.8 cm³/mol. The smallest absolute Gasteiger partial charge is 0.315 e. The van der Waals surface area contributed by atoms with E-state index in [1.165, 1.54) is 12.1 Å². The summed E-state index contributed by atoms with van der Waals surface area (Å²) in [7, 11) is 0. The van der Waals surface area contributed by atoms with Crippen LogP contribution in [0.3, 0.4) is 0 Å². The van der Waals surface area contributed by atoms with E-state index in [1.807, 2.05) is 30.3 Å². The lowest BCUT2D eigenvalue weighted by Crippen LogP contribution is -2.34. The van der Waals surface area contributed by atoms with E-state index >= 15 is 0 Å². The fraction of sp³-hybridized carbons (Fsp3) is 0.368. The Bertz CT molecular complexity index is 647. The van der Waals surface area contributed by atoms with Crippen LogP contribution in [0.2, 0.25) is 0 Å². The molecule has 5 heteroatoms. The second-order valence-electron chi connectivity index (χ2n) is 6.04. The van der Waals surface area contributed by atoms with Gasteiger partial charge >= 0.3 is 6.18 Å². The van der Waals surface area contributed by atoms with Gasteiger partial charge in [0.15, 0.2) is 0 Å². The number of halogens is 3. The van der Waals surface area contributed by atoms with Gasteiger partial charge in [-0.2, -0.15) is 13.2 Å². The summed E-state index contributed by atoms with van der Waals surface area (Å²) in [5.74, 6) is 0. The molecule has 128 valence electrons. The molecule has 0 saturated carbocycles. The molecule has 1 fully saturated rings. The molecule has 2 aromatic rings. The maximum absolute atomic E-state index is 13.5. The van der Waals surface area contributed by atoms with Crippen molar-refractivity contribution >= 4 is 0 Å². The molecule has 1 heterocycles. The summed E-state index contributed by atoms with van der Waals surface area (Å²) in [6.07, 6.45) is -3.43. The van der Waals surface area contributed by atoms with Gasteiger partial charge in [-0.25, -0.2) is 0 Å². The van der Waals surface area contributed by atoms with Crippen LogP contribution in [0.25, 0.3) is 0 Å². The lowest BCUT2D eigenvalue weighted by Gasteiger charge is -2.33. The van der Waals surface area contributed by atoms with Crippen molar-refractivity contribution in [2.24, 2.45) is 0 Å². The first kappa shape index (κ1) is 17.0. The molecule has 0 amide bonds. The van der Waals surface area contributed by atoms with E-state index in [4.69, 9.17) is 0 Å². The Kier molecular flexibility index (Phi) is 5.21. The van der Waals surface area contributed by atoms with Crippen LogP contribution in [0.4, 0.5) is 13.2 Å². The zero-order valence-electron chi connectivity index (χ0n) is 13.4. The summed E-state index contributed by atoms with van der Waals surface area (Å²) in [5.41, 5.74) is 0.685. The molecule has 0 aliphatic carbocycles. The zero-order valence-corrected chi connectivity index (χ0v) is 13.4. The Morgan fingerprint density at radius 2 is 1.58 bits per heavy atom. The Morgan fingerprint density at radius 3 is 2.33 bits per heavy atom. The first-order valence-corrected chi connectivity index (χ1v) is 8.23. The second-order valence-corrected chi connectivity index (χ2v) is 6.04. The minimum Gasteiger partial charge on any atom is -0.315 e. The molecule has 2 aromatic carbocycles. The van der Waals surface area contributed by atoms with Crippen LogP contribution in [0.5, 0.6) is 0 Å². The molecule has 0 bridgehead atoms. The highest BCUT2D eigenvalue weighted by Gasteiger charge is 2.36. The fourth-order valence-electron chi connectivity index (χ4n) is 3.34.